The van der Waals surface area contributed by atoms with Crippen molar-refractivity contribution in [1.82, 2.24) is 14.9 Å². The first kappa shape index (κ1) is 15.0. The molecule has 0 saturated carbocycles. The molecule has 0 saturated heterocycles. The van der Waals surface area contributed by atoms with Gasteiger partial charge in [-0.15, -0.1) is 0 Å². The average molecular weight is 349 g/mol. The quantitative estimate of drug-likeness (QED) is 0.545. The fourth-order valence-corrected chi connectivity index (χ4v) is 2.41. The Balaban J connectivity index is 2.02. The Kier molecular flexibility index (Phi) is 4.38. The van der Waals surface area contributed by atoms with Crippen molar-refractivity contribution in [3.05, 3.63) is 68.9 Å². The first-order valence-electron chi connectivity index (χ1n) is 6.37. The maximum Gasteiger partial charge on any atom is 0.216 e. The van der Waals surface area contributed by atoms with E-state index in [1.807, 2.05) is 30.3 Å². The SMILES string of the molecule is S=c1[nH]nc(-c2ccccc2Cl)n1/N=C\c1ccc(Cl)cc1. The van der Waals surface area contributed by atoms with Gasteiger partial charge >= 0.3 is 0 Å². The van der Waals surface area contributed by atoms with Crippen LogP contribution in [0.15, 0.2) is 53.6 Å². The van der Waals surface area contributed by atoms with Crippen molar-refractivity contribution in [1.29, 1.82) is 0 Å². The van der Waals surface area contributed by atoms with Gasteiger partial charge in [-0.2, -0.15) is 14.9 Å². The average Bonchev–Trinajstić information content (AvgIpc) is 2.88. The number of benzene rings is 2. The van der Waals surface area contributed by atoms with Crippen molar-refractivity contribution in [2.45, 2.75) is 0 Å². The molecule has 0 aliphatic rings. The van der Waals surface area contributed by atoms with Crippen LogP contribution in [0.4, 0.5) is 0 Å². The fourth-order valence-electron chi connectivity index (χ4n) is 1.89. The second-order valence-corrected chi connectivity index (χ2v) is 5.67. The van der Waals surface area contributed by atoms with Gasteiger partial charge in [-0.25, -0.2) is 5.10 Å². The minimum Gasteiger partial charge on any atom is -0.250 e. The molecule has 1 aromatic heterocycles. The summed E-state index contributed by atoms with van der Waals surface area (Å²) in [5.74, 6) is 0.556. The van der Waals surface area contributed by atoms with E-state index in [2.05, 4.69) is 15.3 Å². The highest BCUT2D eigenvalue weighted by Crippen LogP contribution is 2.25. The third-order valence-electron chi connectivity index (χ3n) is 2.96. The Morgan fingerprint density at radius 1 is 1.09 bits per heavy atom. The molecule has 110 valence electrons. The van der Waals surface area contributed by atoms with Crippen molar-refractivity contribution in [2.24, 2.45) is 5.10 Å². The number of halogens is 2. The maximum absolute atomic E-state index is 6.21. The summed E-state index contributed by atoms with van der Waals surface area (Å²) in [5, 5.41) is 12.6. The summed E-state index contributed by atoms with van der Waals surface area (Å²) in [6.07, 6.45) is 1.68. The Morgan fingerprint density at radius 2 is 1.82 bits per heavy atom. The lowest BCUT2D eigenvalue weighted by Crippen LogP contribution is -1.95. The van der Waals surface area contributed by atoms with E-state index in [0.717, 1.165) is 11.1 Å². The summed E-state index contributed by atoms with van der Waals surface area (Å²) in [6.45, 7) is 0. The number of hydrogen-bond acceptors (Lipinski definition) is 3. The van der Waals surface area contributed by atoms with Gasteiger partial charge in [0.1, 0.15) is 0 Å². The normalized spacial score (nSPS) is 11.2. The summed E-state index contributed by atoms with van der Waals surface area (Å²) >= 11 is 17.3. The topological polar surface area (TPSA) is 46.0 Å². The molecule has 22 heavy (non-hydrogen) atoms. The molecule has 0 radical (unpaired) electrons. The molecule has 3 rings (SSSR count). The lowest BCUT2D eigenvalue weighted by Gasteiger charge is -2.03. The van der Waals surface area contributed by atoms with Gasteiger partial charge in [0.2, 0.25) is 4.77 Å². The van der Waals surface area contributed by atoms with Gasteiger partial charge in [-0.05, 0) is 42.0 Å². The van der Waals surface area contributed by atoms with E-state index in [-0.39, 0.29) is 0 Å². The van der Waals surface area contributed by atoms with Gasteiger partial charge in [0.15, 0.2) is 5.82 Å². The van der Waals surface area contributed by atoms with E-state index in [0.29, 0.717) is 20.6 Å². The lowest BCUT2D eigenvalue weighted by molar-refractivity contribution is 0.871. The van der Waals surface area contributed by atoms with Crippen molar-refractivity contribution in [3.63, 3.8) is 0 Å². The molecule has 0 amide bonds. The summed E-state index contributed by atoms with van der Waals surface area (Å²) < 4.78 is 1.92. The van der Waals surface area contributed by atoms with Crippen molar-refractivity contribution < 1.29 is 0 Å². The smallest absolute Gasteiger partial charge is 0.216 e. The monoisotopic (exact) mass is 348 g/mol. The van der Waals surface area contributed by atoms with Gasteiger partial charge < -0.3 is 0 Å². The molecule has 2 aromatic carbocycles. The van der Waals surface area contributed by atoms with Crippen molar-refractivity contribution in [3.8, 4) is 11.4 Å². The van der Waals surface area contributed by atoms with Crippen LogP contribution in [-0.4, -0.2) is 21.1 Å². The van der Waals surface area contributed by atoms with Crippen LogP contribution in [-0.2, 0) is 0 Å². The van der Waals surface area contributed by atoms with Gasteiger partial charge in [0.25, 0.3) is 0 Å². The largest absolute Gasteiger partial charge is 0.250 e. The Hall–Kier alpha value is -1.95. The highest BCUT2D eigenvalue weighted by molar-refractivity contribution is 7.71. The molecular formula is C15H10Cl2N4S. The number of H-pyrrole nitrogens is 1. The van der Waals surface area contributed by atoms with E-state index in [1.165, 1.54) is 4.68 Å². The van der Waals surface area contributed by atoms with Crippen LogP contribution in [0.25, 0.3) is 11.4 Å². The zero-order chi connectivity index (χ0) is 15.5. The minimum atomic E-state index is 0.389. The molecule has 1 heterocycles. The van der Waals surface area contributed by atoms with Crippen LogP contribution < -0.4 is 0 Å². The summed E-state index contributed by atoms with van der Waals surface area (Å²) in [4.78, 5) is 0. The minimum absolute atomic E-state index is 0.389. The Bertz CT molecular complexity index is 881. The number of rotatable bonds is 3. The van der Waals surface area contributed by atoms with Crippen molar-refractivity contribution in [2.75, 3.05) is 0 Å². The predicted molar refractivity (Wildman–Crippen MR) is 92.3 cm³/mol. The van der Waals surface area contributed by atoms with Gasteiger partial charge in [-0.1, -0.05) is 47.5 Å². The first-order valence-corrected chi connectivity index (χ1v) is 7.54. The molecule has 7 heteroatoms. The van der Waals surface area contributed by atoms with E-state index in [4.69, 9.17) is 35.4 Å². The van der Waals surface area contributed by atoms with E-state index in [1.54, 1.807) is 24.4 Å². The third kappa shape index (κ3) is 3.11. The number of aromatic nitrogens is 3. The second kappa shape index (κ2) is 6.44. The van der Waals surface area contributed by atoms with Crippen LogP contribution in [0.1, 0.15) is 5.56 Å². The lowest BCUT2D eigenvalue weighted by atomic mass is 10.2. The van der Waals surface area contributed by atoms with Crippen LogP contribution in [0.5, 0.6) is 0 Å². The van der Waals surface area contributed by atoms with Crippen molar-refractivity contribution >= 4 is 41.6 Å². The van der Waals surface area contributed by atoms with E-state index in [9.17, 15) is 0 Å². The van der Waals surface area contributed by atoms with Gasteiger partial charge in [0.05, 0.1) is 11.2 Å². The van der Waals surface area contributed by atoms with Gasteiger partial charge in [-0.3, -0.25) is 0 Å². The number of nitrogens with zero attached hydrogens (tertiary/aromatic N) is 3. The maximum atomic E-state index is 6.21. The van der Waals surface area contributed by atoms with Crippen LogP contribution >= 0.6 is 35.4 Å². The predicted octanol–water partition coefficient (Wildman–Crippen LogP) is 4.80. The van der Waals surface area contributed by atoms with Crippen LogP contribution in [0.3, 0.4) is 0 Å². The Morgan fingerprint density at radius 3 is 2.55 bits per heavy atom. The van der Waals surface area contributed by atoms with Crippen LogP contribution in [0.2, 0.25) is 10.0 Å². The van der Waals surface area contributed by atoms with E-state index < -0.39 is 0 Å². The number of nitrogens with one attached hydrogen (secondary N) is 1. The summed E-state index contributed by atoms with van der Waals surface area (Å²) in [7, 11) is 0. The zero-order valence-electron chi connectivity index (χ0n) is 11.2. The first-order chi connectivity index (χ1) is 10.6. The number of hydrogen-bond donors (Lipinski definition) is 1. The van der Waals surface area contributed by atoms with E-state index >= 15 is 0 Å². The standard InChI is InChI=1S/C15H10Cl2N4S/c16-11-7-5-10(6-8-11)9-18-21-14(19-20-15(21)22)12-3-1-2-4-13(12)17/h1-9H,(H,20,22)/b18-9-. The molecule has 0 unspecified atom stereocenters. The molecular weight excluding hydrogens is 339 g/mol. The molecule has 0 bridgehead atoms. The molecule has 0 aliphatic carbocycles. The Labute approximate surface area is 142 Å². The highest BCUT2D eigenvalue weighted by atomic mass is 35.5. The highest BCUT2D eigenvalue weighted by Gasteiger charge is 2.10. The molecule has 0 spiro atoms. The van der Waals surface area contributed by atoms with Gasteiger partial charge in [0, 0.05) is 10.6 Å². The van der Waals surface area contributed by atoms with Crippen LogP contribution in [0, 0.1) is 4.77 Å². The fraction of sp³-hybridized carbons (Fsp3) is 0. The molecule has 1 N–H and O–H groups in total. The number of aromatic amines is 1. The summed E-state index contributed by atoms with van der Waals surface area (Å²) in [5.41, 5.74) is 1.65. The molecule has 0 atom stereocenters. The third-order valence-corrected chi connectivity index (χ3v) is 3.80. The molecule has 3 aromatic rings. The second-order valence-electron chi connectivity index (χ2n) is 4.44. The molecule has 0 aliphatic heterocycles. The molecule has 4 nitrogen and oxygen atoms in total. The molecule has 0 fully saturated rings. The summed E-state index contributed by atoms with van der Waals surface area (Å²) in [6, 6.07) is 14.7. The zero-order valence-corrected chi connectivity index (χ0v) is 13.5.